The molecule has 2 aromatic rings. The van der Waals surface area contributed by atoms with Gasteiger partial charge in [-0.2, -0.15) is 0 Å². The van der Waals surface area contributed by atoms with Gasteiger partial charge in [-0.05, 0) is 61.4 Å². The number of imide groups is 1. The standard InChI is InChI=1S/C24H27NO4S/c1-4-6-13-29-20-12-11-19(14-21(20)28-5-2)15-22-23(26)25(24(27)30-22)16-18-9-7-17(3)8-10-18/h7-12,14-15H,4-6,13,16H2,1-3H3/b22-15-. The zero-order chi connectivity index (χ0) is 21.5. The number of carbonyl (C=O) groups excluding carboxylic acids is 2. The van der Waals surface area contributed by atoms with Crippen molar-refractivity contribution in [2.24, 2.45) is 0 Å². The monoisotopic (exact) mass is 425 g/mol. The summed E-state index contributed by atoms with van der Waals surface area (Å²) >= 11 is 0.966. The molecule has 1 aliphatic heterocycles. The van der Waals surface area contributed by atoms with Gasteiger partial charge in [0.2, 0.25) is 0 Å². The Balaban J connectivity index is 1.77. The topological polar surface area (TPSA) is 55.8 Å². The van der Waals surface area contributed by atoms with E-state index in [1.54, 1.807) is 6.08 Å². The van der Waals surface area contributed by atoms with Gasteiger partial charge in [-0.1, -0.05) is 49.2 Å². The second-order valence-electron chi connectivity index (χ2n) is 7.09. The van der Waals surface area contributed by atoms with Crippen LogP contribution in [0.2, 0.25) is 0 Å². The van der Waals surface area contributed by atoms with Crippen molar-refractivity contribution in [3.63, 3.8) is 0 Å². The number of carbonyl (C=O) groups is 2. The summed E-state index contributed by atoms with van der Waals surface area (Å²) in [4.78, 5) is 26.9. The lowest BCUT2D eigenvalue weighted by Gasteiger charge is -2.13. The molecule has 1 aliphatic rings. The molecule has 0 saturated carbocycles. The van der Waals surface area contributed by atoms with Crippen molar-refractivity contribution in [1.82, 2.24) is 4.90 Å². The van der Waals surface area contributed by atoms with Crippen LogP contribution in [0.25, 0.3) is 6.08 Å². The fourth-order valence-electron chi connectivity index (χ4n) is 2.99. The summed E-state index contributed by atoms with van der Waals surface area (Å²) in [5, 5.41) is -0.253. The first-order valence-electron chi connectivity index (χ1n) is 10.2. The molecule has 5 nitrogen and oxygen atoms in total. The van der Waals surface area contributed by atoms with E-state index >= 15 is 0 Å². The lowest BCUT2D eigenvalue weighted by molar-refractivity contribution is -0.123. The second kappa shape index (κ2) is 10.3. The molecule has 30 heavy (non-hydrogen) atoms. The van der Waals surface area contributed by atoms with Gasteiger partial charge in [0.25, 0.3) is 11.1 Å². The largest absolute Gasteiger partial charge is 0.490 e. The molecule has 158 valence electrons. The van der Waals surface area contributed by atoms with E-state index in [0.717, 1.165) is 41.3 Å². The Bertz CT molecular complexity index is 937. The lowest BCUT2D eigenvalue weighted by atomic mass is 10.1. The number of aryl methyl sites for hydroxylation is 1. The number of benzene rings is 2. The SMILES string of the molecule is CCCCOc1ccc(/C=C2\SC(=O)N(Cc3ccc(C)cc3)C2=O)cc1OCC. The summed E-state index contributed by atoms with van der Waals surface area (Å²) in [5.41, 5.74) is 2.86. The molecular formula is C24H27NO4S. The summed E-state index contributed by atoms with van der Waals surface area (Å²) in [6.45, 7) is 7.45. The van der Waals surface area contributed by atoms with E-state index < -0.39 is 0 Å². The maximum atomic E-state index is 12.8. The maximum absolute atomic E-state index is 12.8. The average molecular weight is 426 g/mol. The van der Waals surface area contributed by atoms with Crippen molar-refractivity contribution >= 4 is 29.0 Å². The molecule has 2 aromatic carbocycles. The Morgan fingerprint density at radius 2 is 1.77 bits per heavy atom. The van der Waals surface area contributed by atoms with Gasteiger partial charge in [0.05, 0.1) is 24.7 Å². The number of thioether (sulfide) groups is 1. The normalized spacial score (nSPS) is 15.2. The van der Waals surface area contributed by atoms with Gasteiger partial charge in [0.15, 0.2) is 11.5 Å². The predicted octanol–water partition coefficient (Wildman–Crippen LogP) is 5.81. The van der Waals surface area contributed by atoms with Crippen LogP contribution in [0.4, 0.5) is 4.79 Å². The fourth-order valence-corrected chi connectivity index (χ4v) is 3.83. The molecule has 0 aromatic heterocycles. The van der Waals surface area contributed by atoms with E-state index in [1.165, 1.54) is 4.90 Å². The molecule has 6 heteroatoms. The molecule has 0 atom stereocenters. The first kappa shape index (κ1) is 22.0. The van der Waals surface area contributed by atoms with Crippen molar-refractivity contribution in [3.8, 4) is 11.5 Å². The average Bonchev–Trinajstić information content (AvgIpc) is 2.99. The number of hydrogen-bond donors (Lipinski definition) is 0. The smallest absolute Gasteiger partial charge is 0.293 e. The van der Waals surface area contributed by atoms with Gasteiger partial charge in [-0.25, -0.2) is 0 Å². The van der Waals surface area contributed by atoms with Crippen molar-refractivity contribution < 1.29 is 19.1 Å². The van der Waals surface area contributed by atoms with Crippen molar-refractivity contribution in [2.75, 3.05) is 13.2 Å². The highest BCUT2D eigenvalue weighted by Gasteiger charge is 2.35. The summed E-state index contributed by atoms with van der Waals surface area (Å²) in [6, 6.07) is 13.4. The molecule has 0 N–H and O–H groups in total. The molecule has 2 amide bonds. The van der Waals surface area contributed by atoms with Crippen LogP contribution in [0.15, 0.2) is 47.4 Å². The molecule has 0 unspecified atom stereocenters. The Labute approximate surface area is 182 Å². The van der Waals surface area contributed by atoms with Crippen LogP contribution in [0, 0.1) is 6.92 Å². The van der Waals surface area contributed by atoms with Gasteiger partial charge in [-0.15, -0.1) is 0 Å². The number of nitrogens with zero attached hydrogens (tertiary/aromatic N) is 1. The zero-order valence-electron chi connectivity index (χ0n) is 17.6. The fraction of sp³-hybridized carbons (Fsp3) is 0.333. The molecule has 0 aliphatic carbocycles. The minimum absolute atomic E-state index is 0.253. The highest BCUT2D eigenvalue weighted by Crippen LogP contribution is 2.35. The summed E-state index contributed by atoms with van der Waals surface area (Å²) in [5.74, 6) is 1.06. The predicted molar refractivity (Wildman–Crippen MR) is 121 cm³/mol. The van der Waals surface area contributed by atoms with Crippen LogP contribution in [-0.4, -0.2) is 29.3 Å². The van der Waals surface area contributed by atoms with E-state index in [2.05, 4.69) is 6.92 Å². The van der Waals surface area contributed by atoms with Crippen LogP contribution in [0.5, 0.6) is 11.5 Å². The summed E-state index contributed by atoms with van der Waals surface area (Å²) in [6.07, 6.45) is 3.76. The highest BCUT2D eigenvalue weighted by molar-refractivity contribution is 8.18. The summed E-state index contributed by atoms with van der Waals surface area (Å²) < 4.78 is 11.5. The quantitative estimate of drug-likeness (QED) is 0.375. The minimum Gasteiger partial charge on any atom is -0.490 e. The number of ether oxygens (including phenoxy) is 2. The molecule has 1 saturated heterocycles. The number of rotatable bonds is 9. The molecule has 0 radical (unpaired) electrons. The molecule has 1 heterocycles. The van der Waals surface area contributed by atoms with Crippen molar-refractivity contribution in [2.45, 2.75) is 40.2 Å². The van der Waals surface area contributed by atoms with Gasteiger partial charge < -0.3 is 9.47 Å². The van der Waals surface area contributed by atoms with E-state index in [9.17, 15) is 9.59 Å². The third kappa shape index (κ3) is 5.45. The van der Waals surface area contributed by atoms with E-state index in [0.29, 0.717) is 29.6 Å². The number of amides is 2. The molecule has 0 spiro atoms. The number of unbranched alkanes of at least 4 members (excludes halogenated alkanes) is 1. The molecule has 1 fully saturated rings. The second-order valence-corrected chi connectivity index (χ2v) is 8.09. The Kier molecular flexibility index (Phi) is 7.57. The number of hydrogen-bond acceptors (Lipinski definition) is 5. The van der Waals surface area contributed by atoms with Crippen LogP contribution in [0.1, 0.15) is 43.4 Å². The van der Waals surface area contributed by atoms with E-state index in [4.69, 9.17) is 9.47 Å². The Hall–Kier alpha value is -2.73. The third-order valence-electron chi connectivity index (χ3n) is 4.66. The van der Waals surface area contributed by atoms with Gasteiger partial charge in [0, 0.05) is 0 Å². The first-order chi connectivity index (χ1) is 14.5. The lowest BCUT2D eigenvalue weighted by Crippen LogP contribution is -2.27. The summed E-state index contributed by atoms with van der Waals surface area (Å²) in [7, 11) is 0. The van der Waals surface area contributed by atoms with Gasteiger partial charge >= 0.3 is 0 Å². The third-order valence-corrected chi connectivity index (χ3v) is 5.56. The van der Waals surface area contributed by atoms with E-state index in [-0.39, 0.29) is 17.7 Å². The molecule has 0 bridgehead atoms. The van der Waals surface area contributed by atoms with Crippen LogP contribution in [0.3, 0.4) is 0 Å². The van der Waals surface area contributed by atoms with Crippen LogP contribution < -0.4 is 9.47 Å². The highest BCUT2D eigenvalue weighted by atomic mass is 32.2. The van der Waals surface area contributed by atoms with Crippen molar-refractivity contribution in [3.05, 3.63) is 64.1 Å². The molecular weight excluding hydrogens is 398 g/mol. The van der Waals surface area contributed by atoms with Crippen molar-refractivity contribution in [1.29, 1.82) is 0 Å². The first-order valence-corrected chi connectivity index (χ1v) is 11.0. The zero-order valence-corrected chi connectivity index (χ0v) is 18.5. The minimum atomic E-state index is -0.271. The van der Waals surface area contributed by atoms with Crippen LogP contribution >= 0.6 is 11.8 Å². The molecule has 3 rings (SSSR count). The Morgan fingerprint density at radius 1 is 1.00 bits per heavy atom. The van der Waals surface area contributed by atoms with Crippen LogP contribution in [-0.2, 0) is 11.3 Å². The maximum Gasteiger partial charge on any atom is 0.293 e. The van der Waals surface area contributed by atoms with Gasteiger partial charge in [-0.3, -0.25) is 14.5 Å². The Morgan fingerprint density at radius 3 is 2.47 bits per heavy atom. The van der Waals surface area contributed by atoms with Gasteiger partial charge in [0.1, 0.15) is 0 Å². The van der Waals surface area contributed by atoms with E-state index in [1.807, 2.05) is 56.3 Å².